The third kappa shape index (κ3) is 4.80. The Morgan fingerprint density at radius 1 is 1.24 bits per heavy atom. The fourth-order valence-corrected chi connectivity index (χ4v) is 5.13. The summed E-state index contributed by atoms with van der Waals surface area (Å²) < 4.78 is 11.0. The van der Waals surface area contributed by atoms with Gasteiger partial charge in [-0.1, -0.05) is 17.7 Å². The number of nitro groups is 1. The molecule has 1 amide bonds. The molecule has 1 aliphatic heterocycles. The SMILES string of the molecule is COc1cc2c(cc1OC)[C@H](c1cccs1)N(CC(=O)Nc1ccc(Cl)cc1[N+](=O)[O-])CC2. The molecule has 172 valence electrons. The van der Waals surface area contributed by atoms with Crippen LogP contribution in [0.25, 0.3) is 0 Å². The molecule has 1 N–H and O–H groups in total. The third-order valence-electron chi connectivity index (χ3n) is 5.56. The van der Waals surface area contributed by atoms with Crippen molar-refractivity contribution in [3.63, 3.8) is 0 Å². The highest BCUT2D eigenvalue weighted by atomic mass is 35.5. The maximum absolute atomic E-state index is 12.9. The molecule has 0 radical (unpaired) electrons. The number of anilines is 1. The number of hydrogen-bond donors (Lipinski definition) is 1. The second-order valence-electron chi connectivity index (χ2n) is 7.51. The summed E-state index contributed by atoms with van der Waals surface area (Å²) in [6.45, 7) is 0.706. The maximum Gasteiger partial charge on any atom is 0.294 e. The first-order valence-corrected chi connectivity index (χ1v) is 11.4. The molecule has 10 heteroatoms. The van der Waals surface area contributed by atoms with Crippen LogP contribution < -0.4 is 14.8 Å². The van der Waals surface area contributed by atoms with Gasteiger partial charge in [0.25, 0.3) is 5.69 Å². The number of methoxy groups -OCH3 is 2. The fraction of sp³-hybridized carbons (Fsp3) is 0.261. The van der Waals surface area contributed by atoms with Crippen LogP contribution in [0, 0.1) is 10.1 Å². The molecule has 4 rings (SSSR count). The predicted molar refractivity (Wildman–Crippen MR) is 128 cm³/mol. The van der Waals surface area contributed by atoms with Gasteiger partial charge in [-0.25, -0.2) is 0 Å². The molecule has 0 bridgehead atoms. The van der Waals surface area contributed by atoms with E-state index in [1.807, 2.05) is 29.6 Å². The van der Waals surface area contributed by atoms with Crippen molar-refractivity contribution >= 4 is 40.2 Å². The number of carbonyl (C=O) groups is 1. The van der Waals surface area contributed by atoms with Gasteiger partial charge in [0.15, 0.2) is 11.5 Å². The molecule has 1 aromatic heterocycles. The predicted octanol–water partition coefficient (Wildman–Crippen LogP) is 4.91. The van der Waals surface area contributed by atoms with Crippen LogP contribution in [0.1, 0.15) is 22.0 Å². The normalized spacial score (nSPS) is 15.5. The minimum atomic E-state index is -0.563. The largest absolute Gasteiger partial charge is 0.493 e. The van der Waals surface area contributed by atoms with E-state index in [-0.39, 0.29) is 34.9 Å². The number of thiophene rings is 1. The van der Waals surface area contributed by atoms with Crippen LogP contribution in [0.3, 0.4) is 0 Å². The number of rotatable bonds is 7. The number of nitrogens with zero attached hydrogens (tertiary/aromatic N) is 2. The number of amides is 1. The maximum atomic E-state index is 12.9. The van der Waals surface area contributed by atoms with E-state index in [0.29, 0.717) is 18.0 Å². The summed E-state index contributed by atoms with van der Waals surface area (Å²) in [5.41, 5.74) is 2.06. The lowest BCUT2D eigenvalue weighted by Gasteiger charge is -2.37. The van der Waals surface area contributed by atoms with E-state index in [1.54, 1.807) is 25.6 Å². The minimum absolute atomic E-state index is 0.0656. The Morgan fingerprint density at radius 3 is 2.67 bits per heavy atom. The van der Waals surface area contributed by atoms with Crippen molar-refractivity contribution in [2.24, 2.45) is 0 Å². The second kappa shape index (κ2) is 9.78. The van der Waals surface area contributed by atoms with E-state index < -0.39 is 4.92 Å². The average Bonchev–Trinajstić information content (AvgIpc) is 3.33. The summed E-state index contributed by atoms with van der Waals surface area (Å²) in [6, 6.07) is 12.0. The van der Waals surface area contributed by atoms with Crippen LogP contribution in [-0.4, -0.2) is 43.0 Å². The highest BCUT2D eigenvalue weighted by Gasteiger charge is 2.32. The summed E-state index contributed by atoms with van der Waals surface area (Å²) in [7, 11) is 3.20. The van der Waals surface area contributed by atoms with Crippen molar-refractivity contribution in [2.45, 2.75) is 12.5 Å². The zero-order chi connectivity index (χ0) is 23.5. The van der Waals surface area contributed by atoms with Crippen molar-refractivity contribution in [1.82, 2.24) is 4.90 Å². The number of ether oxygens (including phenoxy) is 2. The quantitative estimate of drug-likeness (QED) is 0.376. The lowest BCUT2D eigenvalue weighted by atomic mass is 9.91. The molecular formula is C23H22ClN3O5S. The Balaban J connectivity index is 1.63. The fourth-order valence-electron chi connectivity index (χ4n) is 4.08. The third-order valence-corrected chi connectivity index (χ3v) is 6.72. The van der Waals surface area contributed by atoms with Crippen LogP contribution in [0.5, 0.6) is 11.5 Å². The number of fused-ring (bicyclic) bond motifs is 1. The molecular weight excluding hydrogens is 466 g/mol. The summed E-state index contributed by atoms with van der Waals surface area (Å²) in [5.74, 6) is 0.953. The van der Waals surface area contributed by atoms with Crippen molar-refractivity contribution in [1.29, 1.82) is 0 Å². The number of hydrogen-bond acceptors (Lipinski definition) is 7. The second-order valence-corrected chi connectivity index (χ2v) is 8.93. The average molecular weight is 488 g/mol. The Hall–Kier alpha value is -3.14. The topological polar surface area (TPSA) is 93.9 Å². The highest BCUT2D eigenvalue weighted by Crippen LogP contribution is 2.42. The van der Waals surface area contributed by atoms with Gasteiger partial charge in [0, 0.05) is 22.5 Å². The van der Waals surface area contributed by atoms with E-state index in [9.17, 15) is 14.9 Å². The molecule has 3 aromatic rings. The zero-order valence-electron chi connectivity index (χ0n) is 18.0. The molecule has 2 heterocycles. The van der Waals surface area contributed by atoms with Gasteiger partial charge in [0.1, 0.15) is 5.69 Å². The van der Waals surface area contributed by atoms with Gasteiger partial charge in [-0.2, -0.15) is 0 Å². The van der Waals surface area contributed by atoms with Gasteiger partial charge < -0.3 is 14.8 Å². The van der Waals surface area contributed by atoms with Crippen molar-refractivity contribution in [3.8, 4) is 11.5 Å². The van der Waals surface area contributed by atoms with Crippen LogP contribution >= 0.6 is 22.9 Å². The van der Waals surface area contributed by atoms with Crippen LogP contribution in [-0.2, 0) is 11.2 Å². The van der Waals surface area contributed by atoms with Gasteiger partial charge in [0.2, 0.25) is 5.91 Å². The molecule has 33 heavy (non-hydrogen) atoms. The van der Waals surface area contributed by atoms with Crippen LogP contribution in [0.2, 0.25) is 5.02 Å². The smallest absolute Gasteiger partial charge is 0.294 e. The van der Waals surface area contributed by atoms with Gasteiger partial charge in [-0.05, 0) is 53.3 Å². The van der Waals surface area contributed by atoms with Gasteiger partial charge in [0.05, 0.1) is 31.7 Å². The summed E-state index contributed by atoms with van der Waals surface area (Å²) in [6.07, 6.45) is 0.728. The first-order valence-electron chi connectivity index (χ1n) is 10.2. The van der Waals surface area contributed by atoms with E-state index in [0.717, 1.165) is 22.4 Å². The molecule has 0 fully saturated rings. The Bertz CT molecular complexity index is 1190. The Labute approximate surface area is 199 Å². The van der Waals surface area contributed by atoms with E-state index in [1.165, 1.54) is 18.2 Å². The van der Waals surface area contributed by atoms with E-state index in [2.05, 4.69) is 10.2 Å². The molecule has 8 nitrogen and oxygen atoms in total. The van der Waals surface area contributed by atoms with Crippen LogP contribution in [0.4, 0.5) is 11.4 Å². The lowest BCUT2D eigenvalue weighted by molar-refractivity contribution is -0.383. The van der Waals surface area contributed by atoms with E-state index >= 15 is 0 Å². The van der Waals surface area contributed by atoms with Gasteiger partial charge >= 0.3 is 0 Å². The summed E-state index contributed by atoms with van der Waals surface area (Å²) in [5, 5.41) is 16.3. The number of carbonyl (C=O) groups excluding carboxylic acids is 1. The molecule has 0 saturated heterocycles. The molecule has 0 spiro atoms. The number of halogens is 1. The monoisotopic (exact) mass is 487 g/mol. The van der Waals surface area contributed by atoms with Crippen molar-refractivity contribution in [2.75, 3.05) is 32.6 Å². The molecule has 0 aliphatic carbocycles. The standard InChI is InChI=1S/C23H22ClN3O5S/c1-31-19-10-14-7-8-26(23(21-4-3-9-33-21)16(14)12-20(19)32-2)13-22(28)25-17-6-5-15(24)11-18(17)27(29)30/h3-6,9-12,23H,7-8,13H2,1-2H3,(H,25,28)/t23-/m1/s1. The number of nitro benzene ring substituents is 1. The first-order chi connectivity index (χ1) is 15.9. The summed E-state index contributed by atoms with van der Waals surface area (Å²) >= 11 is 7.49. The van der Waals surface area contributed by atoms with Crippen molar-refractivity contribution < 1.29 is 19.2 Å². The molecule has 0 saturated carbocycles. The zero-order valence-corrected chi connectivity index (χ0v) is 19.6. The van der Waals surface area contributed by atoms with E-state index in [4.69, 9.17) is 21.1 Å². The molecule has 1 atom stereocenters. The summed E-state index contributed by atoms with van der Waals surface area (Å²) in [4.78, 5) is 26.9. The minimum Gasteiger partial charge on any atom is -0.493 e. The van der Waals surface area contributed by atoms with Gasteiger partial charge in [-0.15, -0.1) is 11.3 Å². The molecule has 0 unspecified atom stereocenters. The molecule has 2 aromatic carbocycles. The first kappa shape index (κ1) is 23.0. The Kier molecular flexibility index (Phi) is 6.83. The van der Waals surface area contributed by atoms with Crippen LogP contribution in [0.15, 0.2) is 47.8 Å². The Morgan fingerprint density at radius 2 is 2.00 bits per heavy atom. The number of nitrogens with one attached hydrogen (secondary N) is 1. The lowest BCUT2D eigenvalue weighted by Crippen LogP contribution is -2.41. The highest BCUT2D eigenvalue weighted by molar-refractivity contribution is 7.10. The van der Waals surface area contributed by atoms with Crippen molar-refractivity contribution in [3.05, 3.63) is 79.0 Å². The van der Waals surface area contributed by atoms with Gasteiger partial charge in [-0.3, -0.25) is 19.8 Å². The molecule has 1 aliphatic rings. The number of benzene rings is 2.